The van der Waals surface area contributed by atoms with Gasteiger partial charge in [0.1, 0.15) is 10.6 Å². The van der Waals surface area contributed by atoms with Gasteiger partial charge in [-0.2, -0.15) is 5.10 Å². The van der Waals surface area contributed by atoms with E-state index in [2.05, 4.69) is 10.4 Å². The molecular weight excluding hydrogens is 375 g/mol. The number of benzene rings is 1. The lowest BCUT2D eigenvalue weighted by atomic mass is 9.78. The van der Waals surface area contributed by atoms with E-state index >= 15 is 0 Å². The van der Waals surface area contributed by atoms with E-state index in [0.717, 1.165) is 65.5 Å². The zero-order chi connectivity index (χ0) is 19.3. The molecule has 146 valence electrons. The van der Waals surface area contributed by atoms with Crippen LogP contribution in [0.5, 0.6) is 0 Å². The topological polar surface area (TPSA) is 50.2 Å². The van der Waals surface area contributed by atoms with Gasteiger partial charge in [0.15, 0.2) is 0 Å². The van der Waals surface area contributed by atoms with Gasteiger partial charge in [-0.3, -0.25) is 4.79 Å². The minimum absolute atomic E-state index is 0.118. The fourth-order valence-electron chi connectivity index (χ4n) is 4.47. The molecule has 0 aliphatic carbocycles. The molecule has 2 aromatic heterocycles. The quantitative estimate of drug-likeness (QED) is 0.715. The van der Waals surface area contributed by atoms with E-state index in [1.54, 1.807) is 16.8 Å². The molecule has 0 radical (unpaired) electrons. The third-order valence-electron chi connectivity index (χ3n) is 6.27. The van der Waals surface area contributed by atoms with E-state index < -0.39 is 0 Å². The number of carbonyl (C=O) groups excluding carboxylic acids is 1. The molecule has 28 heavy (non-hydrogen) atoms. The molecule has 1 aromatic carbocycles. The molecular formula is C21H23FN4OS. The van der Waals surface area contributed by atoms with Gasteiger partial charge in [0, 0.05) is 25.0 Å². The summed E-state index contributed by atoms with van der Waals surface area (Å²) in [5.74, 6) is -0.154. The van der Waals surface area contributed by atoms with Crippen molar-refractivity contribution in [1.82, 2.24) is 20.0 Å². The van der Waals surface area contributed by atoms with Crippen molar-refractivity contribution in [1.29, 1.82) is 0 Å². The Morgan fingerprint density at radius 3 is 2.64 bits per heavy atom. The number of nitrogens with one attached hydrogen (secondary N) is 1. The molecule has 3 aromatic rings. The lowest BCUT2D eigenvalue weighted by molar-refractivity contribution is 0.0612. The molecule has 1 spiro atoms. The Labute approximate surface area is 167 Å². The molecule has 0 bridgehead atoms. The van der Waals surface area contributed by atoms with Crippen molar-refractivity contribution in [2.75, 3.05) is 26.2 Å². The highest BCUT2D eigenvalue weighted by atomic mass is 32.1. The summed E-state index contributed by atoms with van der Waals surface area (Å²) in [4.78, 5) is 16.8. The van der Waals surface area contributed by atoms with Gasteiger partial charge >= 0.3 is 0 Å². The molecule has 5 nitrogen and oxygen atoms in total. The van der Waals surface area contributed by atoms with Crippen LogP contribution in [0.4, 0.5) is 4.39 Å². The summed E-state index contributed by atoms with van der Waals surface area (Å²) in [5.41, 5.74) is 2.08. The summed E-state index contributed by atoms with van der Waals surface area (Å²) in [6.45, 7) is 5.80. The molecule has 7 heteroatoms. The molecule has 2 fully saturated rings. The fourth-order valence-corrected chi connectivity index (χ4v) is 5.62. The summed E-state index contributed by atoms with van der Waals surface area (Å²) in [6.07, 6.45) is 3.39. The van der Waals surface area contributed by atoms with Crippen molar-refractivity contribution >= 4 is 27.5 Å². The number of aryl methyl sites for hydroxylation is 1. The van der Waals surface area contributed by atoms with Gasteiger partial charge in [-0.25, -0.2) is 9.07 Å². The maximum absolute atomic E-state index is 13.3. The van der Waals surface area contributed by atoms with Crippen LogP contribution >= 0.6 is 11.3 Å². The van der Waals surface area contributed by atoms with Crippen molar-refractivity contribution in [3.05, 3.63) is 46.7 Å². The molecule has 2 aliphatic heterocycles. The highest BCUT2D eigenvalue weighted by Crippen LogP contribution is 2.38. The standard InChI is InChI=1S/C21H23FN4OS/c1-14-17-12-18(19(27)25-10-7-21(8-11-25)6-9-23-13-21)28-20(17)26(24-14)16-4-2-15(22)3-5-16/h2-5,12,23H,6-11,13H2,1H3. The van der Waals surface area contributed by atoms with Crippen molar-refractivity contribution in [3.8, 4) is 5.69 Å². The van der Waals surface area contributed by atoms with Gasteiger partial charge in [-0.1, -0.05) is 0 Å². The van der Waals surface area contributed by atoms with Gasteiger partial charge in [0.05, 0.1) is 16.3 Å². The molecule has 4 heterocycles. The smallest absolute Gasteiger partial charge is 0.264 e. The average Bonchev–Trinajstić information content (AvgIpc) is 3.40. The maximum atomic E-state index is 13.3. The van der Waals surface area contributed by atoms with Crippen LogP contribution in [0.2, 0.25) is 0 Å². The number of carbonyl (C=O) groups is 1. The number of rotatable bonds is 2. The fraction of sp³-hybridized carbons (Fsp3) is 0.429. The predicted molar refractivity (Wildman–Crippen MR) is 109 cm³/mol. The second-order valence-corrected chi connectivity index (χ2v) is 9.05. The number of aromatic nitrogens is 2. The molecule has 5 rings (SSSR count). The van der Waals surface area contributed by atoms with Crippen LogP contribution in [0.25, 0.3) is 15.9 Å². The summed E-state index contributed by atoms with van der Waals surface area (Å²) in [6, 6.07) is 8.25. The maximum Gasteiger partial charge on any atom is 0.264 e. The minimum atomic E-state index is -0.272. The highest BCUT2D eigenvalue weighted by molar-refractivity contribution is 7.20. The summed E-state index contributed by atoms with van der Waals surface area (Å²) in [5, 5.41) is 9.05. The van der Waals surface area contributed by atoms with Crippen LogP contribution in [-0.4, -0.2) is 46.8 Å². The normalized spacial score (nSPS) is 19.0. The number of fused-ring (bicyclic) bond motifs is 1. The first kappa shape index (κ1) is 17.8. The third kappa shape index (κ3) is 2.93. The second-order valence-electron chi connectivity index (χ2n) is 8.02. The van der Waals surface area contributed by atoms with Crippen LogP contribution in [0.1, 0.15) is 34.6 Å². The monoisotopic (exact) mass is 398 g/mol. The number of hydrogen-bond donors (Lipinski definition) is 1. The van der Waals surface area contributed by atoms with Gasteiger partial charge in [-0.05, 0) is 68.5 Å². The zero-order valence-electron chi connectivity index (χ0n) is 15.9. The largest absolute Gasteiger partial charge is 0.338 e. The van der Waals surface area contributed by atoms with E-state index in [4.69, 9.17) is 0 Å². The first-order valence-corrected chi connectivity index (χ1v) is 10.6. The molecule has 2 aliphatic rings. The van der Waals surface area contributed by atoms with Crippen LogP contribution in [0.15, 0.2) is 30.3 Å². The predicted octanol–water partition coefficient (Wildman–Crippen LogP) is 3.75. The summed E-state index contributed by atoms with van der Waals surface area (Å²) in [7, 11) is 0. The first-order valence-electron chi connectivity index (χ1n) is 9.80. The Morgan fingerprint density at radius 2 is 1.96 bits per heavy atom. The van der Waals surface area contributed by atoms with E-state index in [0.29, 0.717) is 5.41 Å². The summed E-state index contributed by atoms with van der Waals surface area (Å²) < 4.78 is 15.1. The van der Waals surface area contributed by atoms with Gasteiger partial charge in [0.25, 0.3) is 5.91 Å². The molecule has 1 amide bonds. The SMILES string of the molecule is Cc1nn(-c2ccc(F)cc2)c2sc(C(=O)N3CCC4(CCNC4)CC3)cc12. The molecule has 0 atom stereocenters. The molecule has 2 saturated heterocycles. The van der Waals surface area contributed by atoms with Crippen LogP contribution in [0.3, 0.4) is 0 Å². The number of thiophene rings is 1. The van der Waals surface area contributed by atoms with E-state index in [9.17, 15) is 9.18 Å². The number of piperidine rings is 1. The summed E-state index contributed by atoms with van der Waals surface area (Å²) >= 11 is 1.47. The lowest BCUT2D eigenvalue weighted by Gasteiger charge is -2.38. The molecule has 0 unspecified atom stereocenters. The van der Waals surface area contributed by atoms with E-state index in [1.807, 2.05) is 17.9 Å². The number of hydrogen-bond acceptors (Lipinski definition) is 4. The highest BCUT2D eigenvalue weighted by Gasteiger charge is 2.38. The van der Waals surface area contributed by atoms with Crippen LogP contribution < -0.4 is 5.32 Å². The van der Waals surface area contributed by atoms with Crippen molar-refractivity contribution < 1.29 is 9.18 Å². The molecule has 0 saturated carbocycles. The van der Waals surface area contributed by atoms with Crippen molar-refractivity contribution in [3.63, 3.8) is 0 Å². The van der Waals surface area contributed by atoms with E-state index in [-0.39, 0.29) is 11.7 Å². The van der Waals surface area contributed by atoms with Gasteiger partial charge in [0.2, 0.25) is 0 Å². The number of likely N-dealkylation sites (tertiary alicyclic amines) is 1. The van der Waals surface area contributed by atoms with Crippen molar-refractivity contribution in [2.24, 2.45) is 5.41 Å². The Balaban J connectivity index is 1.41. The number of amides is 1. The average molecular weight is 399 g/mol. The van der Waals surface area contributed by atoms with Crippen LogP contribution in [0, 0.1) is 18.2 Å². The Bertz CT molecular complexity index is 1020. The Hall–Kier alpha value is -2.25. The Morgan fingerprint density at radius 1 is 1.21 bits per heavy atom. The van der Waals surface area contributed by atoms with Crippen LogP contribution in [-0.2, 0) is 0 Å². The Kier molecular flexibility index (Phi) is 4.25. The second kappa shape index (κ2) is 6.67. The lowest BCUT2D eigenvalue weighted by Crippen LogP contribution is -2.43. The van der Waals surface area contributed by atoms with Gasteiger partial charge < -0.3 is 10.2 Å². The zero-order valence-corrected chi connectivity index (χ0v) is 16.7. The van der Waals surface area contributed by atoms with E-state index in [1.165, 1.54) is 29.9 Å². The first-order chi connectivity index (χ1) is 13.5. The number of nitrogens with zero attached hydrogens (tertiary/aromatic N) is 3. The third-order valence-corrected chi connectivity index (χ3v) is 7.37. The van der Waals surface area contributed by atoms with Gasteiger partial charge in [-0.15, -0.1) is 11.3 Å². The minimum Gasteiger partial charge on any atom is -0.338 e. The van der Waals surface area contributed by atoms with Crippen molar-refractivity contribution in [2.45, 2.75) is 26.2 Å². The number of halogens is 1. The molecule has 1 N–H and O–H groups in total.